The smallest absolute Gasteiger partial charge is 0.0577 e. The van der Waals surface area contributed by atoms with Crippen molar-refractivity contribution in [2.75, 3.05) is 0 Å². The molecule has 0 aromatic carbocycles. The average molecular weight is 829 g/mol. The van der Waals surface area contributed by atoms with Crippen LogP contribution in [-0.4, -0.2) is 22.4 Å². The van der Waals surface area contributed by atoms with Gasteiger partial charge in [-0.3, -0.25) is 0 Å². The Balaban J connectivity index is 0.000000181. The van der Waals surface area contributed by atoms with Crippen LogP contribution in [0.15, 0.2) is 23.8 Å². The second-order valence-corrected chi connectivity index (χ2v) is 25.0. The van der Waals surface area contributed by atoms with Crippen molar-refractivity contribution in [2.24, 2.45) is 98.6 Å². The van der Waals surface area contributed by atoms with Crippen LogP contribution in [0.3, 0.4) is 0 Å². The Morgan fingerprint density at radius 1 is 0.617 bits per heavy atom. The Kier molecular flexibility index (Phi) is 15.4. The van der Waals surface area contributed by atoms with Gasteiger partial charge in [0.15, 0.2) is 0 Å². The monoisotopic (exact) mass is 829 g/mol. The molecule has 344 valence electrons. The van der Waals surface area contributed by atoms with E-state index in [9.17, 15) is 10.2 Å². The lowest BCUT2D eigenvalue weighted by Gasteiger charge is -2.61. The first kappa shape index (κ1) is 47.4. The molecule has 1 unspecified atom stereocenters. The van der Waals surface area contributed by atoms with Gasteiger partial charge in [-0.1, -0.05) is 138 Å². The number of aliphatic hydroxyl groups is 2. The van der Waals surface area contributed by atoms with Crippen molar-refractivity contribution >= 4 is 0 Å². The number of hydrogen-bond donors (Lipinski definition) is 2. The Hall–Kier alpha value is -0.600. The molecule has 60 heavy (non-hydrogen) atoms. The number of rotatable bonds is 13. The van der Waals surface area contributed by atoms with Crippen molar-refractivity contribution < 1.29 is 10.2 Å². The molecule has 17 atom stereocenters. The zero-order valence-electron chi connectivity index (χ0n) is 41.5. The van der Waals surface area contributed by atoms with E-state index in [1.807, 2.05) is 0 Å². The van der Waals surface area contributed by atoms with Crippen molar-refractivity contribution in [3.05, 3.63) is 23.8 Å². The molecule has 2 nitrogen and oxygen atoms in total. The summed E-state index contributed by atoms with van der Waals surface area (Å²) in [7, 11) is 0. The largest absolute Gasteiger partial charge is 0.393 e. The van der Waals surface area contributed by atoms with Gasteiger partial charge in [0.2, 0.25) is 0 Å². The van der Waals surface area contributed by atoms with Gasteiger partial charge >= 0.3 is 0 Å². The van der Waals surface area contributed by atoms with Crippen molar-refractivity contribution in [2.45, 2.75) is 242 Å². The van der Waals surface area contributed by atoms with E-state index < -0.39 is 0 Å². The first-order valence-electron chi connectivity index (χ1n) is 27.4. The molecule has 0 radical (unpaired) electrons. The Morgan fingerprint density at radius 2 is 1.22 bits per heavy atom. The van der Waals surface area contributed by atoms with Crippen LogP contribution < -0.4 is 0 Å². The fraction of sp³-hybridized carbons (Fsp3) is 0.931. The van der Waals surface area contributed by atoms with E-state index in [1.165, 1.54) is 135 Å². The molecular formula is C58H100O2. The second-order valence-electron chi connectivity index (χ2n) is 25.0. The SMILES string of the molecule is CCC(CC)C/C=C/[C@@H](C)[C@H]1CC[C@H]2[C@@H]3CC=C4C[C@@H](O)CC[C@]4(C)[C@H]3CC[C@]12C.CCC(CC)CCC[C@@H](C)[C@H]1CC[C@H]2[C@@H]3CCC4C[C@@H](O)CC[C@]4(C)[C@H]3CC[C@]12C. The van der Waals surface area contributed by atoms with Crippen LogP contribution >= 0.6 is 0 Å². The molecule has 0 heterocycles. The molecule has 0 spiro atoms. The van der Waals surface area contributed by atoms with Crippen molar-refractivity contribution in [3.8, 4) is 0 Å². The summed E-state index contributed by atoms with van der Waals surface area (Å²) in [5.74, 6) is 11.7. The Morgan fingerprint density at radius 3 is 1.92 bits per heavy atom. The van der Waals surface area contributed by atoms with Crippen LogP contribution in [-0.2, 0) is 0 Å². The fourth-order valence-corrected chi connectivity index (χ4v) is 18.6. The third-order valence-corrected chi connectivity index (χ3v) is 22.7. The highest BCUT2D eigenvalue weighted by molar-refractivity contribution is 5.25. The van der Waals surface area contributed by atoms with Crippen LogP contribution in [0.25, 0.3) is 0 Å². The standard InChI is InChI=1S/C29H52O.C29H48O/c2*1-6-21(7-2)10-8-9-20(3)25-13-14-26-24-12-11-22-19-23(30)15-17-28(22,4)27(24)16-18-29(25,26)5/h20-27,30H,6-19H2,1-5H3;8-9,11,20-21,23-27,30H,6-7,10,12-19H2,1-5H3/b;9-8+/t20-,22?,23+,24+,25-,26+,27+,28+,29-;20-,23+,24+,25-,26+,27+,28+,29-/m11/s1. The van der Waals surface area contributed by atoms with Gasteiger partial charge in [-0.05, 0) is 214 Å². The zero-order valence-corrected chi connectivity index (χ0v) is 41.5. The minimum Gasteiger partial charge on any atom is -0.393 e. The lowest BCUT2D eigenvalue weighted by atomic mass is 9.44. The van der Waals surface area contributed by atoms with Gasteiger partial charge in [-0.2, -0.15) is 0 Å². The van der Waals surface area contributed by atoms with Crippen LogP contribution in [0.1, 0.15) is 230 Å². The highest BCUT2D eigenvalue weighted by Gasteiger charge is 2.61. The van der Waals surface area contributed by atoms with E-state index >= 15 is 0 Å². The number of allylic oxidation sites excluding steroid dienone is 3. The van der Waals surface area contributed by atoms with Gasteiger partial charge in [0.05, 0.1) is 12.2 Å². The summed E-state index contributed by atoms with van der Waals surface area (Å²) in [6.07, 6.45) is 41.1. The maximum absolute atomic E-state index is 10.3. The van der Waals surface area contributed by atoms with E-state index in [-0.39, 0.29) is 12.2 Å². The first-order chi connectivity index (χ1) is 28.7. The lowest BCUT2D eigenvalue weighted by molar-refractivity contribution is -0.129. The molecule has 8 aliphatic carbocycles. The van der Waals surface area contributed by atoms with Crippen molar-refractivity contribution in [1.29, 1.82) is 0 Å². The molecule has 0 bridgehead atoms. The summed E-state index contributed by atoms with van der Waals surface area (Å²) in [6.45, 7) is 25.1. The van der Waals surface area contributed by atoms with Gasteiger partial charge in [0.25, 0.3) is 0 Å². The zero-order chi connectivity index (χ0) is 43.0. The molecule has 8 rings (SSSR count). The quantitative estimate of drug-likeness (QED) is 0.182. The van der Waals surface area contributed by atoms with Gasteiger partial charge in [0.1, 0.15) is 0 Å². The molecule has 0 aromatic heterocycles. The lowest BCUT2D eigenvalue weighted by Crippen LogP contribution is -2.54. The molecule has 7 fully saturated rings. The second kappa shape index (κ2) is 19.5. The molecule has 8 aliphatic rings. The highest BCUT2D eigenvalue weighted by atomic mass is 16.3. The van der Waals surface area contributed by atoms with Crippen molar-refractivity contribution in [1.82, 2.24) is 0 Å². The summed E-state index contributed by atoms with van der Waals surface area (Å²) in [5.41, 5.74) is 3.67. The molecule has 2 N–H and O–H groups in total. The van der Waals surface area contributed by atoms with E-state index in [1.54, 1.807) is 5.57 Å². The minimum absolute atomic E-state index is 0.00907. The number of fused-ring (bicyclic) bond motifs is 10. The summed E-state index contributed by atoms with van der Waals surface area (Å²) in [5, 5.41) is 20.5. The summed E-state index contributed by atoms with van der Waals surface area (Å²) in [6, 6.07) is 0. The minimum atomic E-state index is -0.0850. The van der Waals surface area contributed by atoms with Crippen LogP contribution in [0.4, 0.5) is 0 Å². The topological polar surface area (TPSA) is 40.5 Å². The first-order valence-corrected chi connectivity index (χ1v) is 27.4. The average Bonchev–Trinajstić information content (AvgIpc) is 3.79. The molecule has 0 saturated heterocycles. The maximum Gasteiger partial charge on any atom is 0.0577 e. The van der Waals surface area contributed by atoms with Gasteiger partial charge in [-0.15, -0.1) is 0 Å². The molecule has 0 amide bonds. The van der Waals surface area contributed by atoms with Crippen LogP contribution in [0, 0.1) is 98.6 Å². The predicted molar refractivity (Wildman–Crippen MR) is 257 cm³/mol. The van der Waals surface area contributed by atoms with Crippen LogP contribution in [0.2, 0.25) is 0 Å². The third-order valence-electron chi connectivity index (χ3n) is 22.7. The number of hydrogen-bond acceptors (Lipinski definition) is 2. The fourth-order valence-electron chi connectivity index (χ4n) is 18.6. The van der Waals surface area contributed by atoms with E-state index in [2.05, 4.69) is 87.5 Å². The summed E-state index contributed by atoms with van der Waals surface area (Å²) < 4.78 is 0. The molecule has 0 aliphatic heterocycles. The maximum atomic E-state index is 10.3. The van der Waals surface area contributed by atoms with Crippen LogP contribution in [0.5, 0.6) is 0 Å². The van der Waals surface area contributed by atoms with E-state index in [4.69, 9.17) is 0 Å². The van der Waals surface area contributed by atoms with Gasteiger partial charge < -0.3 is 10.2 Å². The van der Waals surface area contributed by atoms with E-state index in [0.29, 0.717) is 21.7 Å². The van der Waals surface area contributed by atoms with E-state index in [0.717, 1.165) is 103 Å². The number of aliphatic hydroxyl groups excluding tert-OH is 2. The molecular weight excluding hydrogens is 729 g/mol. The predicted octanol–water partition coefficient (Wildman–Crippen LogP) is 16.2. The van der Waals surface area contributed by atoms with Gasteiger partial charge in [-0.25, -0.2) is 0 Å². The highest BCUT2D eigenvalue weighted by Crippen LogP contribution is 2.69. The molecule has 0 aromatic rings. The normalized spacial score (nSPS) is 45.7. The van der Waals surface area contributed by atoms with Gasteiger partial charge in [0, 0.05) is 0 Å². The summed E-state index contributed by atoms with van der Waals surface area (Å²) in [4.78, 5) is 0. The Labute approximate surface area is 373 Å². The third kappa shape index (κ3) is 8.88. The molecule has 2 heteroatoms. The van der Waals surface area contributed by atoms with Crippen molar-refractivity contribution in [3.63, 3.8) is 0 Å². The molecule has 7 saturated carbocycles. The Bertz CT molecular complexity index is 1440. The summed E-state index contributed by atoms with van der Waals surface area (Å²) >= 11 is 0.